The topological polar surface area (TPSA) is 96.5 Å². The van der Waals surface area contributed by atoms with Crippen LogP contribution in [0.3, 0.4) is 0 Å². The number of esters is 1. The Balaban J connectivity index is 1.87. The van der Waals surface area contributed by atoms with Gasteiger partial charge in [-0.05, 0) is 51.1 Å². The molecule has 0 bridgehead atoms. The Bertz CT molecular complexity index is 1220. The van der Waals surface area contributed by atoms with Crippen LogP contribution in [0.25, 0.3) is 0 Å². The smallest absolute Gasteiger partial charge is 0.410 e. The fraction of sp³-hybridized carbons (Fsp3) is 0.417. The van der Waals surface area contributed by atoms with Crippen molar-refractivity contribution < 1.29 is 36.3 Å². The Kier molecular flexibility index (Phi) is 8.19. The third kappa shape index (κ3) is 6.49. The van der Waals surface area contributed by atoms with E-state index in [0.29, 0.717) is 0 Å². The van der Waals surface area contributed by atoms with Gasteiger partial charge in [0, 0.05) is 31.7 Å². The van der Waals surface area contributed by atoms with Crippen molar-refractivity contribution in [2.75, 3.05) is 37.6 Å². The minimum atomic E-state index is -4.26. The molecule has 196 valence electrons. The third-order valence-electron chi connectivity index (χ3n) is 5.38. The zero-order chi connectivity index (χ0) is 26.7. The predicted molar refractivity (Wildman–Crippen MR) is 129 cm³/mol. The summed E-state index contributed by atoms with van der Waals surface area (Å²) in [7, 11) is -3.10. The molecule has 2 aromatic rings. The minimum absolute atomic E-state index is 0.000941. The van der Waals surface area contributed by atoms with Crippen LogP contribution in [-0.4, -0.2) is 68.6 Å². The van der Waals surface area contributed by atoms with Crippen LogP contribution in [0.15, 0.2) is 42.5 Å². The molecule has 0 unspecified atom stereocenters. The fourth-order valence-electron chi connectivity index (χ4n) is 3.58. The summed E-state index contributed by atoms with van der Waals surface area (Å²) in [5.41, 5.74) is -0.747. The number of nitrogens with zero attached hydrogens (tertiary/aromatic N) is 3. The first-order valence-corrected chi connectivity index (χ1v) is 12.6. The van der Waals surface area contributed by atoms with Crippen molar-refractivity contribution in [2.24, 2.45) is 0 Å². The summed E-state index contributed by atoms with van der Waals surface area (Å²) in [5.74, 6) is -2.22. The first-order chi connectivity index (χ1) is 16.8. The molecule has 0 atom stereocenters. The number of carbonyl (C=O) groups excluding carboxylic acids is 2. The van der Waals surface area contributed by atoms with Crippen molar-refractivity contribution in [1.29, 1.82) is 0 Å². The molecule has 36 heavy (non-hydrogen) atoms. The van der Waals surface area contributed by atoms with E-state index in [0.717, 1.165) is 27.9 Å². The highest BCUT2D eigenvalue weighted by Gasteiger charge is 2.35. The number of hydrogen-bond acceptors (Lipinski definition) is 6. The molecule has 0 aliphatic carbocycles. The monoisotopic (exact) mass is 525 g/mol. The zero-order valence-corrected chi connectivity index (χ0v) is 21.3. The van der Waals surface area contributed by atoms with Gasteiger partial charge in [-0.3, -0.25) is 4.31 Å². The summed E-state index contributed by atoms with van der Waals surface area (Å²) in [6, 6.07) is 8.51. The summed E-state index contributed by atoms with van der Waals surface area (Å²) < 4.78 is 68.1. The van der Waals surface area contributed by atoms with Crippen LogP contribution >= 0.6 is 0 Å². The van der Waals surface area contributed by atoms with E-state index >= 15 is 0 Å². The van der Waals surface area contributed by atoms with Gasteiger partial charge in [-0.15, -0.1) is 0 Å². The van der Waals surface area contributed by atoms with E-state index in [1.807, 2.05) is 0 Å². The van der Waals surface area contributed by atoms with Crippen LogP contribution in [0.4, 0.5) is 19.3 Å². The number of anilines is 1. The quantitative estimate of drug-likeness (QED) is 0.535. The standard InChI is InChI=1S/C24H29F2N3O6S/c1-24(2,3)35-23(31)27-10-12-28(13-11-27)36(32,33)29(20-7-5-6-19(25)15-20)16-18-9-8-17(14-21(18)26)22(30)34-4/h5-9,14-15H,10-13,16H2,1-4H3. The number of piperazine rings is 1. The SMILES string of the molecule is COC(=O)c1ccc(CN(c2cccc(F)c2)S(=O)(=O)N2CCN(C(=O)OC(C)(C)C)CC2)c(F)c1. The lowest BCUT2D eigenvalue weighted by Gasteiger charge is -2.37. The van der Waals surface area contributed by atoms with E-state index < -0.39 is 46.1 Å². The lowest BCUT2D eigenvalue weighted by atomic mass is 10.1. The van der Waals surface area contributed by atoms with Crippen molar-refractivity contribution in [3.63, 3.8) is 0 Å². The number of amides is 1. The van der Waals surface area contributed by atoms with Crippen molar-refractivity contribution >= 4 is 28.0 Å². The van der Waals surface area contributed by atoms with Crippen molar-refractivity contribution in [3.05, 3.63) is 65.2 Å². The highest BCUT2D eigenvalue weighted by molar-refractivity contribution is 7.90. The van der Waals surface area contributed by atoms with E-state index in [-0.39, 0.29) is 43.0 Å². The van der Waals surface area contributed by atoms with E-state index in [2.05, 4.69) is 4.74 Å². The Morgan fingerprint density at radius 2 is 1.69 bits per heavy atom. The van der Waals surface area contributed by atoms with Crippen LogP contribution in [0.1, 0.15) is 36.7 Å². The molecule has 9 nitrogen and oxygen atoms in total. The fourth-order valence-corrected chi connectivity index (χ4v) is 5.17. The number of rotatable bonds is 6. The molecule has 1 heterocycles. The van der Waals surface area contributed by atoms with E-state index in [4.69, 9.17) is 4.74 Å². The summed E-state index contributed by atoms with van der Waals surface area (Å²) in [6.07, 6.45) is -0.547. The average Bonchev–Trinajstić information content (AvgIpc) is 2.81. The Hall–Kier alpha value is -3.25. The highest BCUT2D eigenvalue weighted by Crippen LogP contribution is 2.26. The maximum atomic E-state index is 14.8. The zero-order valence-electron chi connectivity index (χ0n) is 20.5. The van der Waals surface area contributed by atoms with E-state index in [1.54, 1.807) is 20.8 Å². The van der Waals surface area contributed by atoms with Gasteiger partial charge < -0.3 is 14.4 Å². The lowest BCUT2D eigenvalue weighted by Crippen LogP contribution is -2.54. The van der Waals surface area contributed by atoms with Crippen molar-refractivity contribution in [3.8, 4) is 0 Å². The lowest BCUT2D eigenvalue weighted by molar-refractivity contribution is 0.0192. The molecule has 12 heteroatoms. The largest absolute Gasteiger partial charge is 0.465 e. The van der Waals surface area contributed by atoms with Crippen molar-refractivity contribution in [1.82, 2.24) is 9.21 Å². The van der Waals surface area contributed by atoms with Crippen molar-refractivity contribution in [2.45, 2.75) is 32.9 Å². The van der Waals surface area contributed by atoms with Gasteiger partial charge in [0.05, 0.1) is 24.9 Å². The van der Waals surface area contributed by atoms with Gasteiger partial charge in [0.25, 0.3) is 0 Å². The molecule has 3 rings (SSSR count). The summed E-state index contributed by atoms with van der Waals surface area (Å²) in [4.78, 5) is 25.5. The second kappa shape index (κ2) is 10.8. The maximum absolute atomic E-state index is 14.8. The van der Waals surface area contributed by atoms with Gasteiger partial charge in [-0.2, -0.15) is 12.7 Å². The summed E-state index contributed by atoms with van der Waals surface area (Å²) in [5, 5.41) is 0. The summed E-state index contributed by atoms with van der Waals surface area (Å²) >= 11 is 0. The Labute approximate surface area is 209 Å². The van der Waals surface area contributed by atoms with Gasteiger partial charge in [0.1, 0.15) is 17.2 Å². The predicted octanol–water partition coefficient (Wildman–Crippen LogP) is 3.56. The number of carbonyl (C=O) groups is 2. The number of ether oxygens (including phenoxy) is 2. The first-order valence-electron chi connectivity index (χ1n) is 11.2. The highest BCUT2D eigenvalue weighted by atomic mass is 32.2. The molecular formula is C24H29F2N3O6S. The van der Waals surface area contributed by atoms with Gasteiger partial charge in [0.15, 0.2) is 0 Å². The first kappa shape index (κ1) is 27.3. The van der Waals surface area contributed by atoms with Gasteiger partial charge >= 0.3 is 22.3 Å². The number of methoxy groups -OCH3 is 1. The number of benzene rings is 2. The molecule has 2 aromatic carbocycles. The van der Waals surface area contributed by atoms with Gasteiger partial charge in [0.2, 0.25) is 0 Å². The Morgan fingerprint density at radius 3 is 2.25 bits per heavy atom. The third-order valence-corrected chi connectivity index (χ3v) is 7.29. The number of hydrogen-bond donors (Lipinski definition) is 0. The number of halogens is 2. The average molecular weight is 526 g/mol. The van der Waals surface area contributed by atoms with E-state index in [1.165, 1.54) is 35.2 Å². The molecule has 0 spiro atoms. The van der Waals surface area contributed by atoms with Crippen LogP contribution in [0.5, 0.6) is 0 Å². The van der Waals surface area contributed by atoms with Crippen LogP contribution < -0.4 is 4.31 Å². The molecule has 1 saturated heterocycles. The second-order valence-corrected chi connectivity index (χ2v) is 11.0. The maximum Gasteiger partial charge on any atom is 0.410 e. The van der Waals surface area contributed by atoms with Gasteiger partial charge in [-0.25, -0.2) is 18.4 Å². The normalized spacial score (nSPS) is 14.9. The Morgan fingerprint density at radius 1 is 1.03 bits per heavy atom. The van der Waals surface area contributed by atoms with Gasteiger partial charge in [-0.1, -0.05) is 12.1 Å². The molecule has 1 fully saturated rings. The van der Waals surface area contributed by atoms with E-state index in [9.17, 15) is 26.8 Å². The summed E-state index contributed by atoms with van der Waals surface area (Å²) in [6.45, 7) is 4.87. The molecule has 1 amide bonds. The molecule has 0 aromatic heterocycles. The molecule has 0 saturated carbocycles. The molecule has 1 aliphatic rings. The second-order valence-electron chi connectivity index (χ2n) is 9.16. The molecule has 0 radical (unpaired) electrons. The van der Waals surface area contributed by atoms with Crippen LogP contribution in [0, 0.1) is 11.6 Å². The van der Waals surface area contributed by atoms with Crippen LogP contribution in [-0.2, 0) is 26.2 Å². The molecule has 0 N–H and O–H groups in total. The van der Waals surface area contributed by atoms with Crippen LogP contribution in [0.2, 0.25) is 0 Å². The minimum Gasteiger partial charge on any atom is -0.465 e. The molecular weight excluding hydrogens is 496 g/mol. The molecule has 1 aliphatic heterocycles.